The lowest BCUT2D eigenvalue weighted by Crippen LogP contribution is -2.41. The zero-order valence-corrected chi connectivity index (χ0v) is 10.9. The fraction of sp³-hybridized carbons (Fsp3) is 0.500. The molecule has 0 atom stereocenters. The summed E-state index contributed by atoms with van der Waals surface area (Å²) in [6.45, 7) is 7.41. The molecular weight excluding hydrogens is 239 g/mol. The molecule has 2 N–H and O–H groups in total. The van der Waals surface area contributed by atoms with Crippen molar-refractivity contribution in [2.75, 3.05) is 5.73 Å². The largest absolute Gasteiger partial charge is 0.500 e. The van der Waals surface area contributed by atoms with Crippen LogP contribution in [-0.2, 0) is 9.31 Å². The van der Waals surface area contributed by atoms with Crippen LogP contribution in [0.4, 0.5) is 14.5 Å². The summed E-state index contributed by atoms with van der Waals surface area (Å²) in [4.78, 5) is 0. The van der Waals surface area contributed by atoms with Gasteiger partial charge >= 0.3 is 7.12 Å². The second-order valence-corrected chi connectivity index (χ2v) is 5.48. The van der Waals surface area contributed by atoms with Crippen LogP contribution in [0, 0.1) is 11.6 Å². The molecule has 98 valence electrons. The molecule has 0 amide bonds. The zero-order chi connectivity index (χ0) is 13.7. The van der Waals surface area contributed by atoms with Gasteiger partial charge in [0, 0.05) is 17.2 Å². The maximum absolute atomic E-state index is 13.8. The molecule has 3 nitrogen and oxygen atoms in total. The first-order chi connectivity index (χ1) is 8.14. The van der Waals surface area contributed by atoms with Crippen LogP contribution in [0.25, 0.3) is 0 Å². The van der Waals surface area contributed by atoms with Gasteiger partial charge in [-0.15, -0.1) is 0 Å². The average molecular weight is 255 g/mol. The number of nitrogen functional groups attached to an aromatic ring is 1. The smallest absolute Gasteiger partial charge is 0.399 e. The number of benzene rings is 1. The standard InChI is InChI=1S/C12H16BF2NO2/c1-11(2)12(3,4)18-13(17-11)10-8(15)5-7(14)6-9(10)16/h5-6H,16H2,1-4H3. The van der Waals surface area contributed by atoms with E-state index in [0.717, 1.165) is 12.1 Å². The summed E-state index contributed by atoms with van der Waals surface area (Å²) in [6, 6.07) is 1.83. The fourth-order valence-corrected chi connectivity index (χ4v) is 1.81. The number of anilines is 1. The Hall–Kier alpha value is -1.14. The van der Waals surface area contributed by atoms with Gasteiger partial charge in [-0.05, 0) is 33.8 Å². The molecule has 0 unspecified atom stereocenters. The monoisotopic (exact) mass is 255 g/mol. The Bertz CT molecular complexity index is 452. The van der Waals surface area contributed by atoms with Crippen LogP contribution < -0.4 is 11.2 Å². The van der Waals surface area contributed by atoms with E-state index in [9.17, 15) is 8.78 Å². The van der Waals surface area contributed by atoms with Gasteiger partial charge in [0.1, 0.15) is 11.6 Å². The normalized spacial score (nSPS) is 21.3. The Morgan fingerprint density at radius 3 is 2.00 bits per heavy atom. The van der Waals surface area contributed by atoms with E-state index >= 15 is 0 Å². The minimum atomic E-state index is -0.921. The van der Waals surface area contributed by atoms with Crippen LogP contribution in [0.15, 0.2) is 12.1 Å². The first kappa shape index (κ1) is 13.3. The maximum atomic E-state index is 13.8. The maximum Gasteiger partial charge on any atom is 0.500 e. The highest BCUT2D eigenvalue weighted by atomic mass is 19.1. The number of nitrogens with two attached hydrogens (primary N) is 1. The van der Waals surface area contributed by atoms with Crippen molar-refractivity contribution < 1.29 is 18.1 Å². The number of halogens is 2. The lowest BCUT2D eigenvalue weighted by atomic mass is 9.77. The third-order valence-corrected chi connectivity index (χ3v) is 3.62. The van der Waals surface area contributed by atoms with E-state index in [2.05, 4.69) is 0 Å². The van der Waals surface area contributed by atoms with Crippen molar-refractivity contribution in [1.29, 1.82) is 0 Å². The first-order valence-corrected chi connectivity index (χ1v) is 5.74. The van der Waals surface area contributed by atoms with Crippen molar-refractivity contribution in [1.82, 2.24) is 0 Å². The number of rotatable bonds is 1. The molecular formula is C12H16BF2NO2. The summed E-state index contributed by atoms with van der Waals surface area (Å²) >= 11 is 0. The second kappa shape index (κ2) is 3.93. The molecule has 1 aliphatic rings. The van der Waals surface area contributed by atoms with E-state index in [4.69, 9.17) is 15.0 Å². The highest BCUT2D eigenvalue weighted by molar-refractivity contribution is 6.64. The van der Waals surface area contributed by atoms with Crippen LogP contribution in [0.3, 0.4) is 0 Å². The third kappa shape index (κ3) is 1.99. The highest BCUT2D eigenvalue weighted by Crippen LogP contribution is 2.37. The van der Waals surface area contributed by atoms with Crippen molar-refractivity contribution in [3.8, 4) is 0 Å². The van der Waals surface area contributed by atoms with Crippen LogP contribution in [0.5, 0.6) is 0 Å². The lowest BCUT2D eigenvalue weighted by molar-refractivity contribution is 0.00578. The zero-order valence-electron chi connectivity index (χ0n) is 10.9. The van der Waals surface area contributed by atoms with Gasteiger partial charge in [-0.25, -0.2) is 8.78 Å². The molecule has 1 fully saturated rings. The van der Waals surface area contributed by atoms with E-state index in [1.54, 1.807) is 0 Å². The minimum absolute atomic E-state index is 0.00833. The predicted octanol–water partition coefficient (Wildman–Crippen LogP) is 1.85. The van der Waals surface area contributed by atoms with E-state index in [0.29, 0.717) is 0 Å². The van der Waals surface area contributed by atoms with Gasteiger partial charge in [0.05, 0.1) is 11.2 Å². The van der Waals surface area contributed by atoms with Crippen LogP contribution in [0.2, 0.25) is 0 Å². The van der Waals surface area contributed by atoms with Crippen LogP contribution in [-0.4, -0.2) is 18.3 Å². The molecule has 2 rings (SSSR count). The van der Waals surface area contributed by atoms with E-state index in [1.807, 2.05) is 27.7 Å². The third-order valence-electron chi connectivity index (χ3n) is 3.62. The van der Waals surface area contributed by atoms with E-state index in [1.165, 1.54) is 0 Å². The molecule has 0 aromatic heterocycles. The Morgan fingerprint density at radius 1 is 1.06 bits per heavy atom. The van der Waals surface area contributed by atoms with Crippen molar-refractivity contribution in [3.63, 3.8) is 0 Å². The Kier molecular flexibility index (Phi) is 2.90. The Balaban J connectivity index is 2.42. The van der Waals surface area contributed by atoms with Gasteiger partial charge in [-0.1, -0.05) is 0 Å². The quantitative estimate of drug-likeness (QED) is 0.615. The van der Waals surface area contributed by atoms with Gasteiger partial charge < -0.3 is 15.0 Å². The second-order valence-electron chi connectivity index (χ2n) is 5.48. The van der Waals surface area contributed by atoms with Crippen molar-refractivity contribution in [2.45, 2.75) is 38.9 Å². The minimum Gasteiger partial charge on any atom is -0.399 e. The Labute approximate surface area is 105 Å². The molecule has 1 aromatic carbocycles. The van der Waals surface area contributed by atoms with Gasteiger partial charge in [-0.2, -0.15) is 0 Å². The lowest BCUT2D eigenvalue weighted by Gasteiger charge is -2.32. The summed E-state index contributed by atoms with van der Waals surface area (Å²) in [6.07, 6.45) is 0. The summed E-state index contributed by atoms with van der Waals surface area (Å²) < 4.78 is 38.2. The molecule has 0 spiro atoms. The average Bonchev–Trinajstić information content (AvgIpc) is 2.32. The molecule has 1 aliphatic heterocycles. The summed E-state index contributed by atoms with van der Waals surface area (Å²) in [5.74, 6) is -1.48. The highest BCUT2D eigenvalue weighted by Gasteiger charge is 2.53. The molecule has 0 radical (unpaired) electrons. The molecule has 6 heteroatoms. The van der Waals surface area contributed by atoms with E-state index in [-0.39, 0.29) is 11.2 Å². The molecule has 1 saturated heterocycles. The predicted molar refractivity (Wildman–Crippen MR) is 66.5 cm³/mol. The van der Waals surface area contributed by atoms with Gasteiger partial charge in [-0.3, -0.25) is 0 Å². The van der Waals surface area contributed by atoms with E-state index < -0.39 is 30.0 Å². The molecule has 0 saturated carbocycles. The fourth-order valence-electron chi connectivity index (χ4n) is 1.81. The molecule has 18 heavy (non-hydrogen) atoms. The van der Waals surface area contributed by atoms with Crippen LogP contribution >= 0.6 is 0 Å². The molecule has 1 aromatic rings. The summed E-state index contributed by atoms with van der Waals surface area (Å²) in [7, 11) is -0.921. The Morgan fingerprint density at radius 2 is 1.56 bits per heavy atom. The first-order valence-electron chi connectivity index (χ1n) is 5.74. The molecule has 0 bridgehead atoms. The van der Waals surface area contributed by atoms with Crippen molar-refractivity contribution >= 4 is 18.3 Å². The number of hydrogen-bond donors (Lipinski definition) is 1. The van der Waals surface area contributed by atoms with Crippen molar-refractivity contribution in [3.05, 3.63) is 23.8 Å². The molecule has 0 aliphatic carbocycles. The SMILES string of the molecule is CC1(C)OB(c2c(N)cc(F)cc2F)OC1(C)C. The van der Waals surface area contributed by atoms with Gasteiger partial charge in [0.25, 0.3) is 0 Å². The van der Waals surface area contributed by atoms with Crippen molar-refractivity contribution in [2.24, 2.45) is 0 Å². The number of hydrogen-bond acceptors (Lipinski definition) is 3. The van der Waals surface area contributed by atoms with Gasteiger partial charge in [0.2, 0.25) is 0 Å². The summed E-state index contributed by atoms with van der Waals surface area (Å²) in [5, 5.41) is 0. The molecule has 1 heterocycles. The topological polar surface area (TPSA) is 44.5 Å². The van der Waals surface area contributed by atoms with Gasteiger partial charge in [0.15, 0.2) is 0 Å². The summed E-state index contributed by atoms with van der Waals surface area (Å²) in [5.41, 5.74) is 4.50. The van der Waals surface area contributed by atoms with Crippen LogP contribution in [0.1, 0.15) is 27.7 Å².